The Morgan fingerprint density at radius 2 is 1.70 bits per heavy atom. The van der Waals surface area contributed by atoms with E-state index in [2.05, 4.69) is 63.3 Å². The Morgan fingerprint density at radius 1 is 1.30 bits per heavy atom. The zero-order valence-electron chi connectivity index (χ0n) is 7.53. The molecule has 60 valence electrons. The standard InChI is InChI=1S/C9H17I/c1-7(2)6-8(10)9(3,4)5/h6-7H,1-5H3/b8-6-. The monoisotopic (exact) mass is 252 g/mol. The smallest absolute Gasteiger partial charge is 0.00770 e. The van der Waals surface area contributed by atoms with Crippen LogP contribution in [0.25, 0.3) is 0 Å². The molecule has 0 unspecified atom stereocenters. The van der Waals surface area contributed by atoms with Gasteiger partial charge >= 0.3 is 0 Å². The van der Waals surface area contributed by atoms with Crippen LogP contribution in [0.15, 0.2) is 9.66 Å². The molecule has 0 fully saturated rings. The van der Waals surface area contributed by atoms with Crippen molar-refractivity contribution >= 4 is 22.6 Å². The Kier molecular flexibility index (Phi) is 3.92. The van der Waals surface area contributed by atoms with Gasteiger partial charge in [0, 0.05) is 0 Å². The second-order valence-electron chi connectivity index (χ2n) is 4.01. The fraction of sp³-hybridized carbons (Fsp3) is 0.778. The molecule has 0 rings (SSSR count). The Labute approximate surface area is 78.2 Å². The molecular formula is C9H17I. The molecule has 0 saturated carbocycles. The number of hydrogen-bond acceptors (Lipinski definition) is 0. The van der Waals surface area contributed by atoms with Crippen LogP contribution < -0.4 is 0 Å². The predicted octanol–water partition coefficient (Wildman–Crippen LogP) is 4.01. The Balaban J connectivity index is 4.20. The van der Waals surface area contributed by atoms with E-state index in [4.69, 9.17) is 0 Å². The van der Waals surface area contributed by atoms with E-state index in [-0.39, 0.29) is 0 Å². The van der Waals surface area contributed by atoms with Crippen LogP contribution in [0.2, 0.25) is 0 Å². The van der Waals surface area contributed by atoms with Gasteiger partial charge in [-0.1, -0.05) is 40.7 Å². The molecule has 0 aliphatic heterocycles. The molecule has 0 nitrogen and oxygen atoms in total. The molecule has 10 heavy (non-hydrogen) atoms. The normalized spacial score (nSPS) is 14.5. The molecule has 0 aromatic rings. The predicted molar refractivity (Wildman–Crippen MR) is 56.4 cm³/mol. The highest BCUT2D eigenvalue weighted by atomic mass is 127. The zero-order valence-corrected chi connectivity index (χ0v) is 9.69. The van der Waals surface area contributed by atoms with Crippen LogP contribution in [0, 0.1) is 11.3 Å². The van der Waals surface area contributed by atoms with Crippen molar-refractivity contribution < 1.29 is 0 Å². The van der Waals surface area contributed by atoms with Gasteiger partial charge in [0.05, 0.1) is 0 Å². The van der Waals surface area contributed by atoms with Gasteiger partial charge in [-0.15, -0.1) is 0 Å². The van der Waals surface area contributed by atoms with E-state index in [1.165, 1.54) is 3.58 Å². The molecule has 0 radical (unpaired) electrons. The van der Waals surface area contributed by atoms with Crippen molar-refractivity contribution in [3.05, 3.63) is 9.66 Å². The van der Waals surface area contributed by atoms with E-state index in [9.17, 15) is 0 Å². The van der Waals surface area contributed by atoms with Gasteiger partial charge in [-0.2, -0.15) is 0 Å². The van der Waals surface area contributed by atoms with Crippen molar-refractivity contribution in [1.82, 2.24) is 0 Å². The first-order valence-electron chi connectivity index (χ1n) is 3.72. The van der Waals surface area contributed by atoms with Crippen molar-refractivity contribution in [3.8, 4) is 0 Å². The fourth-order valence-corrected chi connectivity index (χ4v) is 1.26. The minimum Gasteiger partial charge on any atom is -0.0721 e. The van der Waals surface area contributed by atoms with Gasteiger partial charge in [0.1, 0.15) is 0 Å². The topological polar surface area (TPSA) is 0 Å². The SMILES string of the molecule is CC(C)/C=C(\I)C(C)(C)C. The molecule has 0 N–H and O–H groups in total. The molecule has 0 saturated heterocycles. The number of halogens is 1. The summed E-state index contributed by atoms with van der Waals surface area (Å²) in [7, 11) is 0. The largest absolute Gasteiger partial charge is 0.0721 e. The molecule has 0 aromatic heterocycles. The summed E-state index contributed by atoms with van der Waals surface area (Å²) in [6.45, 7) is 11.2. The van der Waals surface area contributed by atoms with Crippen molar-refractivity contribution in [3.63, 3.8) is 0 Å². The van der Waals surface area contributed by atoms with Gasteiger partial charge in [0.25, 0.3) is 0 Å². The summed E-state index contributed by atoms with van der Waals surface area (Å²) >= 11 is 2.42. The summed E-state index contributed by atoms with van der Waals surface area (Å²) in [4.78, 5) is 0. The maximum atomic E-state index is 2.42. The summed E-state index contributed by atoms with van der Waals surface area (Å²) < 4.78 is 1.46. The van der Waals surface area contributed by atoms with E-state index in [1.807, 2.05) is 0 Å². The van der Waals surface area contributed by atoms with Crippen LogP contribution in [-0.4, -0.2) is 0 Å². The summed E-state index contributed by atoms with van der Waals surface area (Å²) in [6, 6.07) is 0. The Morgan fingerprint density at radius 3 is 1.80 bits per heavy atom. The third-order valence-corrected chi connectivity index (χ3v) is 3.17. The first-order valence-corrected chi connectivity index (χ1v) is 4.79. The average molecular weight is 252 g/mol. The van der Waals surface area contributed by atoms with E-state index in [1.54, 1.807) is 0 Å². The van der Waals surface area contributed by atoms with Gasteiger partial charge in [-0.3, -0.25) is 0 Å². The third kappa shape index (κ3) is 4.31. The highest BCUT2D eigenvalue weighted by molar-refractivity contribution is 14.1. The van der Waals surface area contributed by atoms with Crippen LogP contribution in [0.3, 0.4) is 0 Å². The van der Waals surface area contributed by atoms with E-state index < -0.39 is 0 Å². The first-order chi connectivity index (χ1) is 4.34. The van der Waals surface area contributed by atoms with E-state index in [0.29, 0.717) is 11.3 Å². The molecule has 0 amide bonds. The molecule has 0 bridgehead atoms. The van der Waals surface area contributed by atoms with Gasteiger partial charge in [-0.25, -0.2) is 0 Å². The molecule has 0 aliphatic rings. The van der Waals surface area contributed by atoms with Gasteiger partial charge in [0.2, 0.25) is 0 Å². The van der Waals surface area contributed by atoms with Crippen LogP contribution in [0.1, 0.15) is 34.6 Å². The maximum Gasteiger partial charge on any atom is -0.00770 e. The van der Waals surface area contributed by atoms with E-state index >= 15 is 0 Å². The highest BCUT2D eigenvalue weighted by Crippen LogP contribution is 2.31. The lowest BCUT2D eigenvalue weighted by atomic mass is 9.95. The van der Waals surface area contributed by atoms with Crippen LogP contribution in [-0.2, 0) is 0 Å². The summed E-state index contributed by atoms with van der Waals surface area (Å²) in [5.41, 5.74) is 0.338. The van der Waals surface area contributed by atoms with E-state index in [0.717, 1.165) is 0 Å². The Bertz CT molecular complexity index is 126. The molecule has 0 spiro atoms. The summed E-state index contributed by atoms with van der Waals surface area (Å²) in [6.07, 6.45) is 2.32. The lowest BCUT2D eigenvalue weighted by Crippen LogP contribution is -2.04. The van der Waals surface area contributed by atoms with Crippen molar-refractivity contribution in [2.45, 2.75) is 34.6 Å². The van der Waals surface area contributed by atoms with Crippen LogP contribution in [0.4, 0.5) is 0 Å². The third-order valence-electron chi connectivity index (χ3n) is 1.20. The lowest BCUT2D eigenvalue weighted by Gasteiger charge is -2.18. The van der Waals surface area contributed by atoms with Crippen molar-refractivity contribution in [2.24, 2.45) is 11.3 Å². The van der Waals surface area contributed by atoms with Crippen LogP contribution >= 0.6 is 22.6 Å². The molecular weight excluding hydrogens is 235 g/mol. The fourth-order valence-electron chi connectivity index (χ4n) is 0.543. The maximum absolute atomic E-state index is 2.42. The number of hydrogen-bond donors (Lipinski definition) is 0. The molecule has 0 atom stereocenters. The minimum absolute atomic E-state index is 0.338. The Hall–Kier alpha value is 0.470. The molecule has 1 heteroatoms. The summed E-state index contributed by atoms with van der Waals surface area (Å²) in [5, 5.41) is 0. The number of allylic oxidation sites excluding steroid dienone is 2. The quantitative estimate of drug-likeness (QED) is 0.618. The van der Waals surface area contributed by atoms with Crippen molar-refractivity contribution in [2.75, 3.05) is 0 Å². The van der Waals surface area contributed by atoms with Gasteiger partial charge in [0.15, 0.2) is 0 Å². The summed E-state index contributed by atoms with van der Waals surface area (Å²) in [5.74, 6) is 0.672. The van der Waals surface area contributed by atoms with Crippen molar-refractivity contribution in [1.29, 1.82) is 0 Å². The van der Waals surface area contributed by atoms with Crippen LogP contribution in [0.5, 0.6) is 0 Å². The second kappa shape index (κ2) is 3.74. The minimum atomic E-state index is 0.338. The first kappa shape index (κ1) is 10.5. The average Bonchev–Trinajstić information content (AvgIpc) is 1.60. The second-order valence-corrected chi connectivity index (χ2v) is 5.17. The highest BCUT2D eigenvalue weighted by Gasteiger charge is 2.13. The molecule has 0 aromatic carbocycles. The molecule has 0 aliphatic carbocycles. The van der Waals surface area contributed by atoms with Gasteiger partial charge in [-0.05, 0) is 37.5 Å². The molecule has 0 heterocycles. The zero-order chi connectivity index (χ0) is 8.36. The van der Waals surface area contributed by atoms with Gasteiger partial charge < -0.3 is 0 Å². The lowest BCUT2D eigenvalue weighted by molar-refractivity contribution is 0.533. The number of rotatable bonds is 1.